The van der Waals surface area contributed by atoms with Crippen molar-refractivity contribution in [2.75, 3.05) is 34.2 Å². The number of nitrogens with zero attached hydrogens (tertiary/aromatic N) is 2. The van der Waals surface area contributed by atoms with Crippen LogP contribution in [0.3, 0.4) is 0 Å². The molecule has 114 valence electrons. The smallest absolute Gasteiger partial charge is 0.243 e. The summed E-state index contributed by atoms with van der Waals surface area (Å²) in [5.41, 5.74) is 0. The molecule has 0 radical (unpaired) electrons. The van der Waals surface area contributed by atoms with Crippen molar-refractivity contribution >= 4 is 21.4 Å². The van der Waals surface area contributed by atoms with Gasteiger partial charge in [-0.05, 0) is 46.1 Å². The lowest BCUT2D eigenvalue weighted by Gasteiger charge is -2.34. The van der Waals surface area contributed by atoms with Gasteiger partial charge in [0.2, 0.25) is 10.0 Å². The first-order valence-corrected chi connectivity index (χ1v) is 9.15. The van der Waals surface area contributed by atoms with Crippen LogP contribution < -0.4 is 5.32 Å². The molecule has 1 aromatic heterocycles. The maximum Gasteiger partial charge on any atom is 0.243 e. The molecule has 0 spiro atoms. The van der Waals surface area contributed by atoms with E-state index < -0.39 is 10.0 Å². The van der Waals surface area contributed by atoms with Crippen molar-refractivity contribution < 1.29 is 8.42 Å². The third-order valence-corrected chi connectivity index (χ3v) is 6.83. The summed E-state index contributed by atoms with van der Waals surface area (Å²) in [6.07, 6.45) is 1.81. The molecular weight excluding hydrogens is 294 g/mol. The first-order valence-electron chi connectivity index (χ1n) is 6.83. The molecule has 1 saturated heterocycles. The summed E-state index contributed by atoms with van der Waals surface area (Å²) >= 11 is 1.49. The van der Waals surface area contributed by atoms with E-state index in [4.69, 9.17) is 0 Å². The maximum absolute atomic E-state index is 12.6. The molecule has 0 aromatic carbocycles. The standard InChI is InChI=1S/C13H23N3O2S2/c1-14-9-12-8-13(10-19-12)20(17,18)16(3)11-4-6-15(2)7-5-11/h8,10-11,14H,4-7,9H2,1-3H3. The molecule has 1 fully saturated rings. The number of rotatable bonds is 5. The Morgan fingerprint density at radius 1 is 1.45 bits per heavy atom. The second-order valence-corrected chi connectivity index (χ2v) is 8.33. The van der Waals surface area contributed by atoms with Gasteiger partial charge in [-0.1, -0.05) is 0 Å². The van der Waals surface area contributed by atoms with Gasteiger partial charge in [-0.25, -0.2) is 8.42 Å². The average Bonchev–Trinajstić information content (AvgIpc) is 2.88. The molecule has 20 heavy (non-hydrogen) atoms. The highest BCUT2D eigenvalue weighted by molar-refractivity contribution is 7.89. The van der Waals surface area contributed by atoms with E-state index in [0.29, 0.717) is 11.4 Å². The van der Waals surface area contributed by atoms with E-state index in [1.54, 1.807) is 22.8 Å². The van der Waals surface area contributed by atoms with E-state index in [0.717, 1.165) is 30.8 Å². The molecule has 0 aliphatic carbocycles. The van der Waals surface area contributed by atoms with E-state index in [9.17, 15) is 8.42 Å². The second-order valence-electron chi connectivity index (χ2n) is 5.33. The fourth-order valence-electron chi connectivity index (χ4n) is 2.48. The zero-order chi connectivity index (χ0) is 14.8. The lowest BCUT2D eigenvalue weighted by Crippen LogP contribution is -2.44. The number of hydrogen-bond donors (Lipinski definition) is 1. The molecule has 2 rings (SSSR count). The maximum atomic E-state index is 12.6. The molecule has 0 unspecified atom stereocenters. The topological polar surface area (TPSA) is 52.7 Å². The number of thiophene rings is 1. The summed E-state index contributed by atoms with van der Waals surface area (Å²) in [4.78, 5) is 3.71. The Balaban J connectivity index is 2.12. The van der Waals surface area contributed by atoms with Crippen LogP contribution in [-0.2, 0) is 16.6 Å². The normalized spacial score (nSPS) is 18.8. The minimum atomic E-state index is -3.36. The Morgan fingerprint density at radius 2 is 2.10 bits per heavy atom. The predicted molar refractivity (Wildman–Crippen MR) is 82.6 cm³/mol. The summed E-state index contributed by atoms with van der Waals surface area (Å²) in [7, 11) is 2.29. The van der Waals surface area contributed by atoms with Crippen molar-refractivity contribution in [3.63, 3.8) is 0 Å². The van der Waals surface area contributed by atoms with Crippen molar-refractivity contribution in [3.8, 4) is 0 Å². The Labute approximate surface area is 125 Å². The van der Waals surface area contributed by atoms with E-state index in [1.807, 2.05) is 7.05 Å². The van der Waals surface area contributed by atoms with Crippen LogP contribution >= 0.6 is 11.3 Å². The summed E-state index contributed by atoms with van der Waals surface area (Å²) < 4.78 is 26.8. The fraction of sp³-hybridized carbons (Fsp3) is 0.692. The lowest BCUT2D eigenvalue weighted by molar-refractivity contribution is 0.197. The van der Waals surface area contributed by atoms with E-state index in [2.05, 4.69) is 17.3 Å². The highest BCUT2D eigenvalue weighted by Gasteiger charge is 2.30. The van der Waals surface area contributed by atoms with E-state index in [-0.39, 0.29) is 6.04 Å². The number of sulfonamides is 1. The largest absolute Gasteiger partial charge is 0.315 e. The summed E-state index contributed by atoms with van der Waals surface area (Å²) in [5, 5.41) is 4.79. The Kier molecular flexibility index (Phi) is 5.19. The molecule has 5 nitrogen and oxygen atoms in total. The van der Waals surface area contributed by atoms with Gasteiger partial charge in [0, 0.05) is 29.9 Å². The number of likely N-dealkylation sites (tertiary alicyclic amines) is 1. The van der Waals surface area contributed by atoms with Crippen LogP contribution in [-0.4, -0.2) is 57.9 Å². The minimum absolute atomic E-state index is 0.115. The van der Waals surface area contributed by atoms with Crippen LogP contribution in [0.4, 0.5) is 0 Å². The summed E-state index contributed by atoms with van der Waals surface area (Å²) in [5.74, 6) is 0. The number of nitrogens with one attached hydrogen (secondary N) is 1. The number of hydrogen-bond acceptors (Lipinski definition) is 5. The molecule has 1 N–H and O–H groups in total. The molecule has 1 aromatic rings. The van der Waals surface area contributed by atoms with Crippen LogP contribution in [0.25, 0.3) is 0 Å². The van der Waals surface area contributed by atoms with Crippen LogP contribution in [0.1, 0.15) is 17.7 Å². The molecule has 1 aliphatic heterocycles. The number of piperidine rings is 1. The molecule has 0 amide bonds. The monoisotopic (exact) mass is 317 g/mol. The van der Waals surface area contributed by atoms with Gasteiger partial charge in [0.05, 0.1) is 4.90 Å². The van der Waals surface area contributed by atoms with Crippen molar-refractivity contribution in [1.29, 1.82) is 0 Å². The molecule has 0 atom stereocenters. The SMILES string of the molecule is CNCc1cc(S(=O)(=O)N(C)C2CCN(C)CC2)cs1. The van der Waals surface area contributed by atoms with Gasteiger partial charge in [-0.2, -0.15) is 4.31 Å². The molecular formula is C13H23N3O2S2. The average molecular weight is 317 g/mol. The van der Waals surface area contributed by atoms with Crippen molar-refractivity contribution in [3.05, 3.63) is 16.3 Å². The lowest BCUT2D eigenvalue weighted by atomic mass is 10.1. The fourth-order valence-corrected chi connectivity index (χ4v) is 5.17. The van der Waals surface area contributed by atoms with Crippen LogP contribution in [0, 0.1) is 0 Å². The summed E-state index contributed by atoms with van der Waals surface area (Å²) in [6.45, 7) is 2.62. The van der Waals surface area contributed by atoms with Crippen LogP contribution in [0.2, 0.25) is 0 Å². The molecule has 0 saturated carbocycles. The predicted octanol–water partition coefficient (Wildman–Crippen LogP) is 1.18. The van der Waals surface area contributed by atoms with Gasteiger partial charge in [-0.3, -0.25) is 0 Å². The van der Waals surface area contributed by atoms with Gasteiger partial charge in [0.1, 0.15) is 0 Å². The third kappa shape index (κ3) is 3.40. The van der Waals surface area contributed by atoms with Gasteiger partial charge in [-0.15, -0.1) is 11.3 Å². The van der Waals surface area contributed by atoms with Gasteiger partial charge in [0.15, 0.2) is 0 Å². The molecule has 0 bridgehead atoms. The molecule has 7 heteroatoms. The zero-order valence-corrected chi connectivity index (χ0v) is 13.9. The first kappa shape index (κ1) is 15.9. The summed E-state index contributed by atoms with van der Waals surface area (Å²) in [6, 6.07) is 1.89. The molecule has 1 aliphatic rings. The van der Waals surface area contributed by atoms with Gasteiger partial charge >= 0.3 is 0 Å². The van der Waals surface area contributed by atoms with E-state index in [1.165, 1.54) is 11.3 Å². The zero-order valence-electron chi connectivity index (χ0n) is 12.3. The Morgan fingerprint density at radius 3 is 2.70 bits per heavy atom. The van der Waals surface area contributed by atoms with Crippen LogP contribution in [0.5, 0.6) is 0 Å². The molecule has 2 heterocycles. The van der Waals surface area contributed by atoms with Gasteiger partial charge < -0.3 is 10.2 Å². The van der Waals surface area contributed by atoms with Crippen molar-refractivity contribution in [2.45, 2.75) is 30.3 Å². The van der Waals surface area contributed by atoms with Gasteiger partial charge in [0.25, 0.3) is 0 Å². The highest BCUT2D eigenvalue weighted by Crippen LogP contribution is 2.25. The van der Waals surface area contributed by atoms with Crippen molar-refractivity contribution in [1.82, 2.24) is 14.5 Å². The highest BCUT2D eigenvalue weighted by atomic mass is 32.2. The third-order valence-electron chi connectivity index (χ3n) is 3.86. The van der Waals surface area contributed by atoms with Crippen molar-refractivity contribution in [2.24, 2.45) is 0 Å². The van der Waals surface area contributed by atoms with E-state index >= 15 is 0 Å². The Hall–Kier alpha value is -0.470. The Bertz CT molecular complexity index is 534. The first-order chi connectivity index (χ1) is 9.45. The quantitative estimate of drug-likeness (QED) is 0.886. The minimum Gasteiger partial charge on any atom is -0.315 e. The second kappa shape index (κ2) is 6.53. The van der Waals surface area contributed by atoms with Crippen LogP contribution in [0.15, 0.2) is 16.3 Å².